The van der Waals surface area contributed by atoms with Gasteiger partial charge in [0.1, 0.15) is 11.5 Å². The zero-order chi connectivity index (χ0) is 22.9. The average Bonchev–Trinajstić information content (AvgIpc) is 3.49. The number of aromatic nitrogens is 1. The number of urea groups is 1. The maximum atomic E-state index is 12.9. The number of carbonyl (C=O) groups is 3. The maximum Gasteiger partial charge on any atom is 0.371 e. The Morgan fingerprint density at radius 2 is 1.73 bits per heavy atom. The number of carboxylic acid groups (broad SMARTS) is 1. The summed E-state index contributed by atoms with van der Waals surface area (Å²) in [6.45, 7) is 0.506. The summed E-state index contributed by atoms with van der Waals surface area (Å²) < 4.78 is 7.30. The molecule has 3 amide bonds. The molecule has 0 radical (unpaired) electrons. The van der Waals surface area contributed by atoms with E-state index in [-0.39, 0.29) is 18.0 Å². The van der Waals surface area contributed by atoms with E-state index in [9.17, 15) is 14.4 Å². The average molecular weight is 441 g/mol. The zero-order valence-electron chi connectivity index (χ0n) is 17.4. The van der Waals surface area contributed by atoms with Crippen LogP contribution in [0.2, 0.25) is 0 Å². The molecule has 2 aromatic heterocycles. The molecular weight excluding hydrogens is 422 g/mol. The monoisotopic (exact) mass is 441 g/mol. The second-order valence-electron chi connectivity index (χ2n) is 7.67. The lowest BCUT2D eigenvalue weighted by molar-refractivity contribution is -0.123. The van der Waals surface area contributed by atoms with E-state index in [1.54, 1.807) is 12.1 Å². The highest BCUT2D eigenvalue weighted by Crippen LogP contribution is 2.26. The number of hydrogen-bond acceptors (Lipinski definition) is 4. The van der Waals surface area contributed by atoms with Crippen LogP contribution in [0.25, 0.3) is 17.0 Å². The molecule has 5 rings (SSSR count). The molecule has 2 aromatic carbocycles. The van der Waals surface area contributed by atoms with Crippen LogP contribution in [0.4, 0.5) is 4.79 Å². The van der Waals surface area contributed by atoms with Crippen molar-refractivity contribution in [2.24, 2.45) is 0 Å². The Balaban J connectivity index is 1.45. The summed E-state index contributed by atoms with van der Waals surface area (Å²) >= 11 is 0. The first-order chi connectivity index (χ1) is 16.0. The van der Waals surface area contributed by atoms with E-state index in [4.69, 9.17) is 9.52 Å². The predicted molar refractivity (Wildman–Crippen MR) is 120 cm³/mol. The van der Waals surface area contributed by atoms with Crippen LogP contribution in [0.1, 0.15) is 27.4 Å². The van der Waals surface area contributed by atoms with Gasteiger partial charge in [-0.3, -0.25) is 9.69 Å². The Morgan fingerprint density at radius 3 is 2.48 bits per heavy atom. The van der Waals surface area contributed by atoms with Gasteiger partial charge in [-0.05, 0) is 29.8 Å². The highest BCUT2D eigenvalue weighted by Gasteiger charge is 2.33. The molecule has 3 heterocycles. The SMILES string of the molecule is O=C(O)c1ccc(Cn2cc(/C=C3\NC(=O)N(Cc4ccccc4)C3=O)c3ccccc32)o1. The number of carbonyl (C=O) groups excluding carboxylic acids is 2. The van der Waals surface area contributed by atoms with Crippen LogP contribution in [0, 0.1) is 0 Å². The van der Waals surface area contributed by atoms with Crippen LogP contribution in [-0.4, -0.2) is 32.5 Å². The molecule has 4 aromatic rings. The molecule has 33 heavy (non-hydrogen) atoms. The molecule has 1 aliphatic heterocycles. The Hall–Kier alpha value is -4.59. The summed E-state index contributed by atoms with van der Waals surface area (Å²) in [4.78, 5) is 37.6. The summed E-state index contributed by atoms with van der Waals surface area (Å²) in [5, 5.41) is 12.6. The molecule has 164 valence electrons. The Kier molecular flexibility index (Phi) is 5.02. The van der Waals surface area contributed by atoms with E-state index in [1.165, 1.54) is 11.0 Å². The van der Waals surface area contributed by atoms with E-state index in [1.807, 2.05) is 65.4 Å². The number of fused-ring (bicyclic) bond motifs is 1. The van der Waals surface area contributed by atoms with Gasteiger partial charge < -0.3 is 19.4 Å². The molecule has 0 unspecified atom stereocenters. The third-order valence-corrected chi connectivity index (χ3v) is 5.46. The van der Waals surface area contributed by atoms with Crippen molar-refractivity contribution in [3.05, 3.63) is 101 Å². The van der Waals surface area contributed by atoms with Crippen molar-refractivity contribution in [3.8, 4) is 0 Å². The quantitative estimate of drug-likeness (QED) is 0.347. The lowest BCUT2D eigenvalue weighted by Gasteiger charge is -2.11. The van der Waals surface area contributed by atoms with E-state index in [2.05, 4.69) is 5.32 Å². The lowest BCUT2D eigenvalue weighted by atomic mass is 10.1. The molecule has 1 fully saturated rings. The van der Waals surface area contributed by atoms with E-state index >= 15 is 0 Å². The summed E-state index contributed by atoms with van der Waals surface area (Å²) in [6, 6.07) is 19.5. The van der Waals surface area contributed by atoms with Gasteiger partial charge in [-0.25, -0.2) is 9.59 Å². The van der Waals surface area contributed by atoms with Gasteiger partial charge in [0.15, 0.2) is 0 Å². The van der Waals surface area contributed by atoms with Gasteiger partial charge in [0.25, 0.3) is 5.91 Å². The van der Waals surface area contributed by atoms with Crippen molar-refractivity contribution in [1.82, 2.24) is 14.8 Å². The number of nitrogens with zero attached hydrogens (tertiary/aromatic N) is 2. The third kappa shape index (κ3) is 3.89. The van der Waals surface area contributed by atoms with Crippen molar-refractivity contribution in [1.29, 1.82) is 0 Å². The number of nitrogens with one attached hydrogen (secondary N) is 1. The smallest absolute Gasteiger partial charge is 0.371 e. The Labute approximate surface area is 188 Å². The van der Waals surface area contributed by atoms with Gasteiger partial charge >= 0.3 is 12.0 Å². The molecule has 0 atom stereocenters. The fraction of sp³-hybridized carbons (Fsp3) is 0.0800. The maximum absolute atomic E-state index is 12.9. The highest BCUT2D eigenvalue weighted by molar-refractivity contribution is 6.14. The first-order valence-electron chi connectivity index (χ1n) is 10.3. The second-order valence-corrected chi connectivity index (χ2v) is 7.67. The Morgan fingerprint density at radius 1 is 0.970 bits per heavy atom. The largest absolute Gasteiger partial charge is 0.475 e. The number of furan rings is 1. The van der Waals surface area contributed by atoms with Crippen molar-refractivity contribution in [2.75, 3.05) is 0 Å². The molecule has 8 heteroatoms. The standard InChI is InChI=1S/C25H19N3O5/c29-23-20(26-25(32)28(23)13-16-6-2-1-3-7-16)12-17-14-27(21-9-5-4-8-19(17)21)15-18-10-11-22(33-18)24(30)31/h1-12,14H,13,15H2,(H,26,32)(H,30,31)/b20-12-. The van der Waals surface area contributed by atoms with Crippen LogP contribution in [0.3, 0.4) is 0 Å². The summed E-state index contributed by atoms with van der Waals surface area (Å²) in [7, 11) is 0. The zero-order valence-corrected chi connectivity index (χ0v) is 17.4. The molecular formula is C25H19N3O5. The topological polar surface area (TPSA) is 105 Å². The predicted octanol–water partition coefficient (Wildman–Crippen LogP) is 4.07. The van der Waals surface area contributed by atoms with E-state index in [0.717, 1.165) is 22.0 Å². The molecule has 2 N–H and O–H groups in total. The van der Waals surface area contributed by atoms with Crippen molar-refractivity contribution in [3.63, 3.8) is 0 Å². The van der Waals surface area contributed by atoms with Gasteiger partial charge in [-0.1, -0.05) is 48.5 Å². The summed E-state index contributed by atoms with van der Waals surface area (Å²) in [5.74, 6) is -1.15. The molecule has 0 saturated carbocycles. The van der Waals surface area contributed by atoms with Crippen LogP contribution >= 0.6 is 0 Å². The molecule has 8 nitrogen and oxygen atoms in total. The highest BCUT2D eigenvalue weighted by atomic mass is 16.4. The van der Waals surface area contributed by atoms with Crippen LogP contribution in [0.15, 0.2) is 83.0 Å². The fourth-order valence-electron chi connectivity index (χ4n) is 3.90. The lowest BCUT2D eigenvalue weighted by Crippen LogP contribution is -2.30. The molecule has 1 aliphatic rings. The normalized spacial score (nSPS) is 14.9. The second kappa shape index (κ2) is 8.16. The Bertz CT molecular complexity index is 1410. The van der Waals surface area contributed by atoms with Crippen molar-refractivity contribution < 1.29 is 23.9 Å². The van der Waals surface area contributed by atoms with Crippen molar-refractivity contribution >= 4 is 34.9 Å². The van der Waals surface area contributed by atoms with Gasteiger partial charge in [-0.2, -0.15) is 0 Å². The number of carboxylic acids is 1. The minimum Gasteiger partial charge on any atom is -0.475 e. The van der Waals surface area contributed by atoms with Crippen molar-refractivity contribution in [2.45, 2.75) is 13.1 Å². The summed E-state index contributed by atoms with van der Waals surface area (Å²) in [5.41, 5.74) is 2.69. The number of para-hydroxylation sites is 1. The van der Waals surface area contributed by atoms with Crippen LogP contribution < -0.4 is 5.32 Å². The first-order valence-corrected chi connectivity index (χ1v) is 10.3. The van der Waals surface area contributed by atoms with E-state index < -0.39 is 17.9 Å². The number of hydrogen-bond donors (Lipinski definition) is 2. The van der Waals surface area contributed by atoms with Gasteiger partial charge in [0.2, 0.25) is 5.76 Å². The fourth-order valence-corrected chi connectivity index (χ4v) is 3.90. The number of amides is 3. The molecule has 0 spiro atoms. The van der Waals surface area contributed by atoms with Crippen LogP contribution in [-0.2, 0) is 17.9 Å². The van der Waals surface area contributed by atoms with E-state index in [0.29, 0.717) is 12.3 Å². The number of benzene rings is 2. The summed E-state index contributed by atoms with van der Waals surface area (Å²) in [6.07, 6.45) is 3.51. The van der Waals surface area contributed by atoms with Gasteiger partial charge in [-0.15, -0.1) is 0 Å². The van der Waals surface area contributed by atoms with Gasteiger partial charge in [0, 0.05) is 22.7 Å². The number of aromatic carboxylic acids is 1. The minimum absolute atomic E-state index is 0.124. The third-order valence-electron chi connectivity index (χ3n) is 5.46. The minimum atomic E-state index is -1.13. The number of rotatable bonds is 6. The first kappa shape index (κ1) is 20.3. The molecule has 0 aliphatic carbocycles. The van der Waals surface area contributed by atoms with Gasteiger partial charge in [0.05, 0.1) is 13.1 Å². The molecule has 0 bridgehead atoms. The number of imide groups is 1. The van der Waals surface area contributed by atoms with Crippen LogP contribution in [0.5, 0.6) is 0 Å². The molecule has 1 saturated heterocycles.